The third-order valence-corrected chi connectivity index (χ3v) is 4.49. The van der Waals surface area contributed by atoms with Gasteiger partial charge in [-0.2, -0.15) is 8.42 Å². The number of rotatable bonds is 4. The Morgan fingerprint density at radius 2 is 2.22 bits per heavy atom. The minimum absolute atomic E-state index is 0.0675. The summed E-state index contributed by atoms with van der Waals surface area (Å²) in [6.07, 6.45) is -0.862. The molecule has 10 nitrogen and oxygen atoms in total. The lowest BCUT2D eigenvalue weighted by atomic mass is 10.0. The molecular weight excluding hydrogens is 332 g/mol. The van der Waals surface area contributed by atoms with Crippen LogP contribution in [-0.2, 0) is 23.8 Å². The number of fused-ring (bicyclic) bond motifs is 2. The Hall–Kier alpha value is -1.53. The standard InChI is InChI=1S/C12H16N2O8S/c1-6-3-14(11(17)13-9(6)16)10-7-8(15)12(22-10,4-20-7)5-21-23(2,18)19/h3,7-8,10,15H,4-5H2,1-2H3,(H,13,16,17)/t7?,8-,10-,12-/m1/s1. The maximum Gasteiger partial charge on any atom is 0.330 e. The quantitative estimate of drug-likeness (QED) is 0.588. The first kappa shape index (κ1) is 16.3. The van der Waals surface area contributed by atoms with Crippen molar-refractivity contribution in [3.05, 3.63) is 32.6 Å². The van der Waals surface area contributed by atoms with E-state index in [0.29, 0.717) is 0 Å². The van der Waals surface area contributed by atoms with Crippen molar-refractivity contribution in [2.75, 3.05) is 19.5 Å². The van der Waals surface area contributed by atoms with Crippen LogP contribution in [0, 0.1) is 6.92 Å². The Labute approximate surface area is 130 Å². The van der Waals surface area contributed by atoms with Crippen LogP contribution in [0.1, 0.15) is 11.8 Å². The Kier molecular flexibility index (Phi) is 3.72. The molecule has 0 spiro atoms. The summed E-state index contributed by atoms with van der Waals surface area (Å²) in [4.78, 5) is 25.5. The summed E-state index contributed by atoms with van der Waals surface area (Å²) in [5.41, 5.74) is -2.34. The Bertz CT molecular complexity index is 843. The van der Waals surface area contributed by atoms with E-state index in [1.54, 1.807) is 0 Å². The maximum absolute atomic E-state index is 11.9. The van der Waals surface area contributed by atoms with Crippen molar-refractivity contribution in [3.63, 3.8) is 0 Å². The fourth-order valence-corrected chi connectivity index (χ4v) is 3.13. The van der Waals surface area contributed by atoms with Crippen molar-refractivity contribution >= 4 is 10.1 Å². The number of ether oxygens (including phenoxy) is 2. The molecule has 3 heterocycles. The van der Waals surface area contributed by atoms with Crippen molar-refractivity contribution in [3.8, 4) is 0 Å². The summed E-state index contributed by atoms with van der Waals surface area (Å²) in [5.74, 6) is 0. The van der Waals surface area contributed by atoms with E-state index >= 15 is 0 Å². The molecule has 2 saturated heterocycles. The van der Waals surface area contributed by atoms with Gasteiger partial charge in [0, 0.05) is 11.8 Å². The number of hydrogen-bond donors (Lipinski definition) is 2. The fraction of sp³-hybridized carbons (Fsp3) is 0.667. The molecule has 0 saturated carbocycles. The SMILES string of the molecule is Cc1cn([C@@H]2O[C@@]3(COS(C)(=O)=O)COC2[C@H]3O)c(=O)[nH]c1=O. The summed E-state index contributed by atoms with van der Waals surface area (Å²) in [5, 5.41) is 10.3. The average molecular weight is 348 g/mol. The second-order valence-corrected chi connectivity index (χ2v) is 7.38. The molecule has 0 aromatic carbocycles. The zero-order valence-corrected chi connectivity index (χ0v) is 13.2. The first-order valence-corrected chi connectivity index (χ1v) is 8.59. The predicted octanol–water partition coefficient (Wildman–Crippen LogP) is -2.15. The Balaban J connectivity index is 1.92. The lowest BCUT2D eigenvalue weighted by Gasteiger charge is -2.30. The van der Waals surface area contributed by atoms with E-state index in [0.717, 1.165) is 10.8 Å². The Morgan fingerprint density at radius 3 is 2.87 bits per heavy atom. The fourth-order valence-electron chi connectivity index (χ4n) is 2.72. The van der Waals surface area contributed by atoms with Crippen molar-refractivity contribution < 1.29 is 27.2 Å². The molecule has 11 heteroatoms. The number of hydrogen-bond acceptors (Lipinski definition) is 8. The summed E-state index contributed by atoms with van der Waals surface area (Å²) in [6, 6.07) is 0. The van der Waals surface area contributed by atoms with E-state index in [-0.39, 0.29) is 12.2 Å². The van der Waals surface area contributed by atoms with E-state index in [1.165, 1.54) is 13.1 Å². The second kappa shape index (κ2) is 5.24. The minimum atomic E-state index is -3.73. The molecule has 1 aromatic heterocycles. The zero-order valence-electron chi connectivity index (χ0n) is 12.4. The van der Waals surface area contributed by atoms with Gasteiger partial charge in [0.05, 0.1) is 12.9 Å². The molecule has 2 fully saturated rings. The lowest BCUT2D eigenvalue weighted by molar-refractivity contribution is -0.184. The molecule has 2 N–H and O–H groups in total. The van der Waals surface area contributed by atoms with E-state index in [2.05, 4.69) is 4.98 Å². The van der Waals surface area contributed by atoms with Gasteiger partial charge in [0.2, 0.25) is 0 Å². The average Bonchev–Trinajstić information content (AvgIpc) is 2.91. The van der Waals surface area contributed by atoms with Crippen LogP contribution in [0.3, 0.4) is 0 Å². The van der Waals surface area contributed by atoms with Gasteiger partial charge in [-0.1, -0.05) is 0 Å². The highest BCUT2D eigenvalue weighted by molar-refractivity contribution is 7.85. The molecular formula is C12H16N2O8S. The van der Waals surface area contributed by atoms with Gasteiger partial charge in [0.25, 0.3) is 15.7 Å². The molecule has 0 aliphatic carbocycles. The summed E-state index contributed by atoms with van der Waals surface area (Å²) >= 11 is 0. The van der Waals surface area contributed by atoms with Crippen molar-refractivity contribution in [2.45, 2.75) is 31.0 Å². The molecule has 2 aliphatic heterocycles. The maximum atomic E-state index is 11.9. The summed E-state index contributed by atoms with van der Waals surface area (Å²) in [7, 11) is -3.73. The number of aliphatic hydroxyl groups is 1. The molecule has 2 aliphatic rings. The number of nitrogens with one attached hydrogen (secondary N) is 1. The topological polar surface area (TPSA) is 137 Å². The van der Waals surface area contributed by atoms with Crippen molar-refractivity contribution in [2.24, 2.45) is 0 Å². The molecule has 3 rings (SSSR count). The number of aliphatic hydroxyl groups excluding tert-OH is 1. The second-order valence-electron chi connectivity index (χ2n) is 5.74. The molecule has 1 unspecified atom stereocenters. The Morgan fingerprint density at radius 1 is 1.52 bits per heavy atom. The molecule has 128 valence electrons. The van der Waals surface area contributed by atoms with Gasteiger partial charge in [-0.15, -0.1) is 0 Å². The van der Waals surface area contributed by atoms with Gasteiger partial charge in [-0.3, -0.25) is 18.5 Å². The first-order valence-electron chi connectivity index (χ1n) is 6.77. The van der Waals surface area contributed by atoms with Crippen LogP contribution in [0.4, 0.5) is 0 Å². The number of aryl methyl sites for hydroxylation is 1. The minimum Gasteiger partial charge on any atom is -0.387 e. The smallest absolute Gasteiger partial charge is 0.330 e. The molecule has 0 radical (unpaired) electrons. The van der Waals surface area contributed by atoms with Gasteiger partial charge in [0.1, 0.15) is 24.4 Å². The van der Waals surface area contributed by atoms with Crippen LogP contribution in [0.2, 0.25) is 0 Å². The number of aromatic nitrogens is 2. The van der Waals surface area contributed by atoms with Crippen LogP contribution < -0.4 is 11.2 Å². The molecule has 2 bridgehead atoms. The molecule has 4 atom stereocenters. The van der Waals surface area contributed by atoms with Crippen LogP contribution in [-0.4, -0.2) is 60.4 Å². The summed E-state index contributed by atoms with van der Waals surface area (Å²) in [6.45, 7) is 1.01. The largest absolute Gasteiger partial charge is 0.387 e. The van der Waals surface area contributed by atoms with Crippen molar-refractivity contribution in [1.82, 2.24) is 9.55 Å². The van der Waals surface area contributed by atoms with Crippen molar-refractivity contribution in [1.29, 1.82) is 0 Å². The van der Waals surface area contributed by atoms with Gasteiger partial charge in [-0.05, 0) is 6.92 Å². The van der Waals surface area contributed by atoms with E-state index in [4.69, 9.17) is 13.7 Å². The van der Waals surface area contributed by atoms with Gasteiger partial charge >= 0.3 is 5.69 Å². The highest BCUT2D eigenvalue weighted by atomic mass is 32.2. The normalized spacial score (nSPS) is 33.3. The zero-order chi connectivity index (χ0) is 17.0. The molecule has 23 heavy (non-hydrogen) atoms. The van der Waals surface area contributed by atoms with Crippen LogP contribution in [0.25, 0.3) is 0 Å². The number of H-pyrrole nitrogens is 1. The number of nitrogens with zero attached hydrogens (tertiary/aromatic N) is 1. The van der Waals surface area contributed by atoms with Crippen LogP contribution in [0.5, 0.6) is 0 Å². The molecule has 1 aromatic rings. The summed E-state index contributed by atoms with van der Waals surface area (Å²) < 4.78 is 39.3. The third kappa shape index (κ3) is 2.74. The monoisotopic (exact) mass is 348 g/mol. The number of aromatic amines is 1. The van der Waals surface area contributed by atoms with E-state index < -0.39 is 52.0 Å². The molecule has 0 amide bonds. The van der Waals surface area contributed by atoms with Gasteiger partial charge < -0.3 is 14.6 Å². The van der Waals surface area contributed by atoms with E-state index in [9.17, 15) is 23.1 Å². The lowest BCUT2D eigenvalue weighted by Crippen LogP contribution is -2.46. The predicted molar refractivity (Wildman–Crippen MR) is 75.5 cm³/mol. The highest BCUT2D eigenvalue weighted by Crippen LogP contribution is 2.44. The highest BCUT2D eigenvalue weighted by Gasteiger charge is 2.62. The van der Waals surface area contributed by atoms with Gasteiger partial charge in [0.15, 0.2) is 6.23 Å². The third-order valence-electron chi connectivity index (χ3n) is 3.94. The first-order chi connectivity index (χ1) is 10.6. The van der Waals surface area contributed by atoms with E-state index in [1.807, 2.05) is 0 Å². The van der Waals surface area contributed by atoms with Crippen LogP contribution in [0.15, 0.2) is 15.8 Å². The van der Waals surface area contributed by atoms with Gasteiger partial charge in [-0.25, -0.2) is 4.79 Å². The van der Waals surface area contributed by atoms with Crippen LogP contribution >= 0.6 is 0 Å².